The Bertz CT molecular complexity index is 171. The molecule has 48 valence electrons. The molecule has 0 atom stereocenters. The molecule has 2 nitrogen and oxygen atoms in total. The van der Waals surface area contributed by atoms with Gasteiger partial charge in [0.2, 0.25) is 0 Å². The molecule has 0 aromatic rings. The summed E-state index contributed by atoms with van der Waals surface area (Å²) >= 11 is 0. The van der Waals surface area contributed by atoms with Crippen LogP contribution in [0.1, 0.15) is 6.92 Å². The van der Waals surface area contributed by atoms with Crippen molar-refractivity contribution in [3.05, 3.63) is 24.3 Å². The van der Waals surface area contributed by atoms with Crippen molar-refractivity contribution in [3.63, 3.8) is 0 Å². The molecule has 0 bridgehead atoms. The largest absolute Gasteiger partial charge is 0.382 e. The van der Waals surface area contributed by atoms with Crippen LogP contribution >= 0.6 is 0 Å². The monoisotopic (exact) mass is 123 g/mol. The zero-order valence-corrected chi connectivity index (χ0v) is 5.26. The summed E-state index contributed by atoms with van der Waals surface area (Å²) in [4.78, 5) is 0. The van der Waals surface area contributed by atoms with Gasteiger partial charge in [0, 0.05) is 0 Å². The fraction of sp³-hybridized carbons (Fsp3) is 0.286. The second kappa shape index (κ2) is 1.81. The summed E-state index contributed by atoms with van der Waals surface area (Å²) in [5.41, 5.74) is -0.411. The van der Waals surface area contributed by atoms with Gasteiger partial charge in [-0.05, 0) is 31.2 Å². The van der Waals surface area contributed by atoms with Gasteiger partial charge >= 0.3 is 0 Å². The summed E-state index contributed by atoms with van der Waals surface area (Å²) in [6.07, 6.45) is 6.35. The number of hydrogen-bond donors (Lipinski definition) is 2. The lowest BCUT2D eigenvalue weighted by atomic mass is 10.0. The minimum atomic E-state index is -0.843. The topological polar surface area (TPSA) is 44.1 Å². The lowest BCUT2D eigenvalue weighted by Gasteiger charge is -2.15. The van der Waals surface area contributed by atoms with Crippen molar-refractivity contribution in [1.82, 2.24) is 0 Å². The highest BCUT2D eigenvalue weighted by molar-refractivity contribution is 6.02. The molecule has 0 saturated heterocycles. The zero-order chi connectivity index (χ0) is 6.91. The van der Waals surface area contributed by atoms with Crippen LogP contribution in [0.25, 0.3) is 0 Å². The van der Waals surface area contributed by atoms with Crippen molar-refractivity contribution in [1.29, 1.82) is 5.41 Å². The van der Waals surface area contributed by atoms with Gasteiger partial charge in [-0.25, -0.2) is 0 Å². The van der Waals surface area contributed by atoms with Crippen LogP contribution in [0.5, 0.6) is 0 Å². The van der Waals surface area contributed by atoms with Crippen molar-refractivity contribution >= 4 is 5.71 Å². The Hall–Kier alpha value is -0.890. The molecule has 0 aliphatic heterocycles. The number of rotatable bonds is 0. The molecule has 0 aromatic carbocycles. The highest BCUT2D eigenvalue weighted by Gasteiger charge is 2.13. The molecule has 0 fully saturated rings. The van der Waals surface area contributed by atoms with Gasteiger partial charge in [-0.2, -0.15) is 0 Å². The summed E-state index contributed by atoms with van der Waals surface area (Å²) in [6.45, 7) is 1.67. The fourth-order valence-corrected chi connectivity index (χ4v) is 0.628. The molecule has 0 amide bonds. The summed E-state index contributed by atoms with van der Waals surface area (Å²) in [5.74, 6) is 0. The summed E-state index contributed by atoms with van der Waals surface area (Å²) in [5, 5.41) is 16.3. The Balaban J connectivity index is 2.82. The van der Waals surface area contributed by atoms with Gasteiger partial charge < -0.3 is 10.5 Å². The van der Waals surface area contributed by atoms with E-state index in [4.69, 9.17) is 5.41 Å². The van der Waals surface area contributed by atoms with E-state index in [1.165, 1.54) is 0 Å². The van der Waals surface area contributed by atoms with Crippen molar-refractivity contribution in [2.75, 3.05) is 0 Å². The van der Waals surface area contributed by atoms with E-state index in [0.717, 1.165) is 0 Å². The van der Waals surface area contributed by atoms with Gasteiger partial charge in [0.25, 0.3) is 0 Å². The van der Waals surface area contributed by atoms with Crippen LogP contribution < -0.4 is 0 Å². The molecule has 0 heterocycles. The standard InChI is InChI=1S/C7H9NO/c1-7(9)4-2-6(8)3-5-7/h2-5,8-9H,1H3. The first-order valence-corrected chi connectivity index (χ1v) is 2.79. The maximum atomic E-state index is 9.22. The molecule has 1 rings (SSSR count). The lowest BCUT2D eigenvalue weighted by molar-refractivity contribution is 0.163. The molecule has 0 unspecified atom stereocenters. The van der Waals surface area contributed by atoms with E-state index in [1.54, 1.807) is 31.2 Å². The second-order valence-corrected chi connectivity index (χ2v) is 2.35. The number of hydrogen-bond acceptors (Lipinski definition) is 2. The van der Waals surface area contributed by atoms with Crippen molar-refractivity contribution in [3.8, 4) is 0 Å². The molecule has 0 spiro atoms. The molecule has 2 N–H and O–H groups in total. The van der Waals surface area contributed by atoms with Gasteiger partial charge in [-0.1, -0.05) is 0 Å². The maximum absolute atomic E-state index is 9.22. The zero-order valence-electron chi connectivity index (χ0n) is 5.26. The molecule has 1 aliphatic rings. The van der Waals surface area contributed by atoms with E-state index in [1.807, 2.05) is 0 Å². The highest BCUT2D eigenvalue weighted by atomic mass is 16.3. The molecule has 0 aromatic heterocycles. The predicted octanol–water partition coefficient (Wildman–Crippen LogP) is 0.883. The molecule has 2 heteroatoms. The van der Waals surface area contributed by atoms with Crippen LogP contribution in [0.15, 0.2) is 24.3 Å². The van der Waals surface area contributed by atoms with Crippen LogP contribution in [0.2, 0.25) is 0 Å². The summed E-state index contributed by atoms with van der Waals surface area (Å²) in [6, 6.07) is 0. The average molecular weight is 123 g/mol. The Labute approximate surface area is 54.0 Å². The SMILES string of the molecule is CC1(O)C=CC(=N)C=C1. The lowest BCUT2D eigenvalue weighted by Crippen LogP contribution is -2.19. The molecule has 0 saturated carbocycles. The number of allylic oxidation sites excluding steroid dienone is 2. The van der Waals surface area contributed by atoms with Crippen LogP contribution in [-0.4, -0.2) is 16.4 Å². The molecular formula is C7H9NO. The van der Waals surface area contributed by atoms with E-state index in [-0.39, 0.29) is 0 Å². The first-order chi connectivity index (χ1) is 4.10. The summed E-state index contributed by atoms with van der Waals surface area (Å²) in [7, 11) is 0. The van der Waals surface area contributed by atoms with Crippen molar-refractivity contribution in [2.24, 2.45) is 0 Å². The second-order valence-electron chi connectivity index (χ2n) is 2.35. The molecule has 9 heavy (non-hydrogen) atoms. The third-order valence-corrected chi connectivity index (χ3v) is 1.20. The Kier molecular flexibility index (Phi) is 1.25. The van der Waals surface area contributed by atoms with Crippen LogP contribution in [0.4, 0.5) is 0 Å². The molecule has 1 aliphatic carbocycles. The number of nitrogens with one attached hydrogen (secondary N) is 1. The fourth-order valence-electron chi connectivity index (χ4n) is 0.628. The quantitative estimate of drug-likeness (QED) is 0.493. The Morgan fingerprint density at radius 1 is 1.44 bits per heavy atom. The minimum absolute atomic E-state index is 0.432. The van der Waals surface area contributed by atoms with Crippen LogP contribution in [-0.2, 0) is 0 Å². The third-order valence-electron chi connectivity index (χ3n) is 1.20. The smallest absolute Gasteiger partial charge is 0.0988 e. The van der Waals surface area contributed by atoms with E-state index in [2.05, 4.69) is 0 Å². The first-order valence-electron chi connectivity index (χ1n) is 2.79. The maximum Gasteiger partial charge on any atom is 0.0988 e. The van der Waals surface area contributed by atoms with E-state index in [0.29, 0.717) is 5.71 Å². The van der Waals surface area contributed by atoms with Gasteiger partial charge in [0.1, 0.15) is 0 Å². The van der Waals surface area contributed by atoms with Gasteiger partial charge in [0.15, 0.2) is 0 Å². The molecular weight excluding hydrogens is 114 g/mol. The predicted molar refractivity (Wildman–Crippen MR) is 36.6 cm³/mol. The number of aliphatic hydroxyl groups is 1. The van der Waals surface area contributed by atoms with Crippen LogP contribution in [0, 0.1) is 5.41 Å². The normalized spacial score (nSPS) is 33.3. The third kappa shape index (κ3) is 1.50. The minimum Gasteiger partial charge on any atom is -0.382 e. The molecule has 0 radical (unpaired) electrons. The van der Waals surface area contributed by atoms with E-state index in [9.17, 15) is 5.11 Å². The van der Waals surface area contributed by atoms with E-state index < -0.39 is 5.60 Å². The van der Waals surface area contributed by atoms with Gasteiger partial charge in [0.05, 0.1) is 11.3 Å². The van der Waals surface area contributed by atoms with Crippen LogP contribution in [0.3, 0.4) is 0 Å². The van der Waals surface area contributed by atoms with E-state index >= 15 is 0 Å². The average Bonchev–Trinajstić information content (AvgIpc) is 1.78. The highest BCUT2D eigenvalue weighted by Crippen LogP contribution is 2.11. The first kappa shape index (κ1) is 6.23. The van der Waals surface area contributed by atoms with Crippen molar-refractivity contribution in [2.45, 2.75) is 12.5 Å². The van der Waals surface area contributed by atoms with Crippen molar-refractivity contribution < 1.29 is 5.11 Å². The van der Waals surface area contributed by atoms with Gasteiger partial charge in [-0.3, -0.25) is 0 Å². The summed E-state index contributed by atoms with van der Waals surface area (Å²) < 4.78 is 0. The Morgan fingerprint density at radius 2 is 1.89 bits per heavy atom. The van der Waals surface area contributed by atoms with Gasteiger partial charge in [-0.15, -0.1) is 0 Å². The Morgan fingerprint density at radius 3 is 2.22 bits per heavy atom.